The monoisotopic (exact) mass is 256 g/mol. The highest BCUT2D eigenvalue weighted by molar-refractivity contribution is 5.82. The fraction of sp³-hybridized carbons (Fsp3) is 0.529. The molecule has 0 aliphatic heterocycles. The van der Waals surface area contributed by atoms with Gasteiger partial charge in [0.2, 0.25) is 0 Å². The Morgan fingerprint density at radius 3 is 3.00 bits per heavy atom. The summed E-state index contributed by atoms with van der Waals surface area (Å²) in [6.45, 7) is 5.78. The van der Waals surface area contributed by atoms with Gasteiger partial charge in [-0.3, -0.25) is 0 Å². The summed E-state index contributed by atoms with van der Waals surface area (Å²) in [6, 6.07) is 9.35. The molecule has 0 amide bonds. The zero-order valence-corrected chi connectivity index (χ0v) is 12.0. The van der Waals surface area contributed by atoms with Crippen molar-refractivity contribution in [2.45, 2.75) is 52.1 Å². The summed E-state index contributed by atoms with van der Waals surface area (Å²) in [4.78, 5) is 3.29. The van der Waals surface area contributed by atoms with Crippen LogP contribution in [0.4, 0.5) is 0 Å². The van der Waals surface area contributed by atoms with Gasteiger partial charge in [-0.25, -0.2) is 0 Å². The van der Waals surface area contributed by atoms with Crippen LogP contribution in [0, 0.1) is 5.41 Å². The molecular weight excluding hydrogens is 232 g/mol. The summed E-state index contributed by atoms with van der Waals surface area (Å²) in [6.07, 6.45) is 7.45. The Balaban J connectivity index is 1.73. The minimum absolute atomic E-state index is 0.435. The quantitative estimate of drug-likeness (QED) is 0.845. The summed E-state index contributed by atoms with van der Waals surface area (Å²) in [5.41, 5.74) is 3.08. The van der Waals surface area contributed by atoms with Crippen LogP contribution in [0.25, 0.3) is 10.9 Å². The van der Waals surface area contributed by atoms with Gasteiger partial charge in [0.05, 0.1) is 0 Å². The average Bonchev–Trinajstić information content (AvgIpc) is 2.86. The van der Waals surface area contributed by atoms with Crippen LogP contribution >= 0.6 is 0 Å². The Morgan fingerprint density at radius 2 is 2.16 bits per heavy atom. The topological polar surface area (TPSA) is 27.8 Å². The maximum absolute atomic E-state index is 3.80. The van der Waals surface area contributed by atoms with Gasteiger partial charge in [0.15, 0.2) is 0 Å². The first-order valence-corrected chi connectivity index (χ1v) is 7.45. The van der Waals surface area contributed by atoms with Gasteiger partial charge in [0.25, 0.3) is 0 Å². The Hall–Kier alpha value is -1.28. The van der Waals surface area contributed by atoms with E-state index in [4.69, 9.17) is 0 Å². The molecule has 19 heavy (non-hydrogen) atoms. The number of aromatic amines is 1. The SMILES string of the molecule is CC1(C)CCCCC1NCc1cccc2[nH]ccc12. The standard InChI is InChI=1S/C17H24N2/c1-17(2)10-4-3-8-16(17)19-12-13-6-5-7-15-14(13)9-11-18-15/h5-7,9,11,16,18-19H,3-4,8,10,12H2,1-2H3. The van der Waals surface area contributed by atoms with E-state index in [0.717, 1.165) is 6.54 Å². The van der Waals surface area contributed by atoms with Crippen LogP contribution < -0.4 is 5.32 Å². The van der Waals surface area contributed by atoms with E-state index in [1.165, 1.54) is 42.1 Å². The van der Waals surface area contributed by atoms with Crippen molar-refractivity contribution >= 4 is 10.9 Å². The van der Waals surface area contributed by atoms with Crippen molar-refractivity contribution in [2.24, 2.45) is 5.41 Å². The molecule has 102 valence electrons. The van der Waals surface area contributed by atoms with E-state index >= 15 is 0 Å². The molecule has 1 fully saturated rings. The molecule has 1 aliphatic rings. The van der Waals surface area contributed by atoms with Crippen LogP contribution in [0.3, 0.4) is 0 Å². The van der Waals surface area contributed by atoms with Crippen LogP contribution in [0.2, 0.25) is 0 Å². The number of benzene rings is 1. The molecule has 2 heteroatoms. The van der Waals surface area contributed by atoms with Crippen molar-refractivity contribution in [3.8, 4) is 0 Å². The predicted molar refractivity (Wildman–Crippen MR) is 81.2 cm³/mol. The second-order valence-electron chi connectivity index (χ2n) is 6.52. The van der Waals surface area contributed by atoms with Crippen molar-refractivity contribution < 1.29 is 0 Å². The van der Waals surface area contributed by atoms with Gasteiger partial charge in [0, 0.05) is 29.7 Å². The lowest BCUT2D eigenvalue weighted by Crippen LogP contribution is -2.43. The van der Waals surface area contributed by atoms with Crippen molar-refractivity contribution in [1.29, 1.82) is 0 Å². The fourth-order valence-corrected chi connectivity index (χ4v) is 3.41. The highest BCUT2D eigenvalue weighted by Gasteiger charge is 2.31. The normalized spacial score (nSPS) is 22.7. The zero-order valence-electron chi connectivity index (χ0n) is 12.0. The van der Waals surface area contributed by atoms with E-state index in [2.05, 4.69) is 48.4 Å². The second-order valence-corrected chi connectivity index (χ2v) is 6.52. The fourth-order valence-electron chi connectivity index (χ4n) is 3.41. The lowest BCUT2D eigenvalue weighted by Gasteiger charge is -2.39. The summed E-state index contributed by atoms with van der Waals surface area (Å²) in [7, 11) is 0. The van der Waals surface area contributed by atoms with Gasteiger partial charge < -0.3 is 10.3 Å². The summed E-state index contributed by atoms with van der Waals surface area (Å²) < 4.78 is 0. The number of nitrogens with one attached hydrogen (secondary N) is 2. The molecule has 1 saturated carbocycles. The van der Waals surface area contributed by atoms with Gasteiger partial charge in [-0.15, -0.1) is 0 Å². The van der Waals surface area contributed by atoms with Crippen molar-refractivity contribution in [3.63, 3.8) is 0 Å². The molecule has 0 saturated heterocycles. The van der Waals surface area contributed by atoms with Crippen LogP contribution in [0.15, 0.2) is 30.5 Å². The second kappa shape index (κ2) is 5.01. The van der Waals surface area contributed by atoms with Crippen LogP contribution in [-0.2, 0) is 6.54 Å². The number of aromatic nitrogens is 1. The Bertz CT molecular complexity index is 553. The van der Waals surface area contributed by atoms with Crippen LogP contribution in [0.1, 0.15) is 45.1 Å². The molecule has 0 radical (unpaired) electrons. The van der Waals surface area contributed by atoms with Crippen molar-refractivity contribution in [1.82, 2.24) is 10.3 Å². The predicted octanol–water partition coefficient (Wildman–Crippen LogP) is 4.23. The maximum Gasteiger partial charge on any atom is 0.0457 e. The summed E-state index contributed by atoms with van der Waals surface area (Å²) in [5, 5.41) is 5.15. The summed E-state index contributed by atoms with van der Waals surface area (Å²) >= 11 is 0. The number of hydrogen-bond acceptors (Lipinski definition) is 1. The maximum atomic E-state index is 3.80. The van der Waals surface area contributed by atoms with Gasteiger partial charge in [-0.05, 0) is 36.0 Å². The average molecular weight is 256 g/mol. The third kappa shape index (κ3) is 2.55. The number of H-pyrrole nitrogens is 1. The van der Waals surface area contributed by atoms with Gasteiger partial charge in [-0.1, -0.05) is 38.8 Å². The molecule has 1 aromatic carbocycles. The minimum Gasteiger partial charge on any atom is -0.361 e. The Morgan fingerprint density at radius 1 is 1.26 bits per heavy atom. The first kappa shape index (κ1) is 12.7. The molecule has 1 atom stereocenters. The molecule has 0 spiro atoms. The van der Waals surface area contributed by atoms with E-state index in [-0.39, 0.29) is 0 Å². The van der Waals surface area contributed by atoms with Crippen molar-refractivity contribution in [3.05, 3.63) is 36.0 Å². The van der Waals surface area contributed by atoms with Crippen LogP contribution in [0.5, 0.6) is 0 Å². The smallest absolute Gasteiger partial charge is 0.0457 e. The first-order chi connectivity index (χ1) is 9.17. The lowest BCUT2D eigenvalue weighted by molar-refractivity contribution is 0.167. The number of rotatable bonds is 3. The van der Waals surface area contributed by atoms with E-state index in [9.17, 15) is 0 Å². The molecule has 2 aromatic rings. The van der Waals surface area contributed by atoms with E-state index in [0.29, 0.717) is 11.5 Å². The Kier molecular flexibility index (Phi) is 3.36. The third-order valence-electron chi connectivity index (χ3n) is 4.73. The van der Waals surface area contributed by atoms with Crippen LogP contribution in [-0.4, -0.2) is 11.0 Å². The highest BCUT2D eigenvalue weighted by atomic mass is 14.9. The lowest BCUT2D eigenvalue weighted by atomic mass is 9.73. The largest absolute Gasteiger partial charge is 0.361 e. The van der Waals surface area contributed by atoms with Gasteiger partial charge >= 0.3 is 0 Å². The van der Waals surface area contributed by atoms with Gasteiger partial charge in [-0.2, -0.15) is 0 Å². The van der Waals surface area contributed by atoms with E-state index in [1.807, 2.05) is 6.20 Å². The van der Waals surface area contributed by atoms with Crippen molar-refractivity contribution in [2.75, 3.05) is 0 Å². The van der Waals surface area contributed by atoms with E-state index in [1.54, 1.807) is 0 Å². The molecule has 1 aromatic heterocycles. The zero-order chi connectivity index (χ0) is 13.3. The third-order valence-corrected chi connectivity index (χ3v) is 4.73. The number of hydrogen-bond donors (Lipinski definition) is 2. The molecule has 2 N–H and O–H groups in total. The molecule has 2 nitrogen and oxygen atoms in total. The molecule has 1 aliphatic carbocycles. The molecular formula is C17H24N2. The van der Waals surface area contributed by atoms with Gasteiger partial charge in [0.1, 0.15) is 0 Å². The molecule has 1 unspecified atom stereocenters. The highest BCUT2D eigenvalue weighted by Crippen LogP contribution is 2.35. The molecule has 3 rings (SSSR count). The molecule has 1 heterocycles. The van der Waals surface area contributed by atoms with E-state index < -0.39 is 0 Å². The Labute approximate surface area is 115 Å². The first-order valence-electron chi connectivity index (χ1n) is 7.45. The summed E-state index contributed by atoms with van der Waals surface area (Å²) in [5.74, 6) is 0. The molecule has 0 bridgehead atoms. The number of fused-ring (bicyclic) bond motifs is 1. The minimum atomic E-state index is 0.435.